The molecule has 1 heterocycles. The molecule has 0 atom stereocenters. The number of hydrogen-bond acceptors (Lipinski definition) is 6. The highest BCUT2D eigenvalue weighted by Crippen LogP contribution is 2.38. The van der Waals surface area contributed by atoms with E-state index >= 15 is 0 Å². The predicted octanol–water partition coefficient (Wildman–Crippen LogP) is 4.42. The van der Waals surface area contributed by atoms with E-state index in [4.69, 9.17) is 14.2 Å². The van der Waals surface area contributed by atoms with E-state index in [1.807, 2.05) is 25.1 Å². The number of nitrogens with zero attached hydrogens (tertiary/aromatic N) is 1. The Morgan fingerprint density at radius 3 is 2.00 bits per heavy atom. The Morgan fingerprint density at radius 1 is 0.758 bits per heavy atom. The fraction of sp³-hybridized carbons (Fsp3) is 0.154. The lowest BCUT2D eigenvalue weighted by molar-refractivity contribution is -0.120. The van der Waals surface area contributed by atoms with Gasteiger partial charge in [-0.1, -0.05) is 35.9 Å². The number of anilines is 2. The van der Waals surface area contributed by atoms with Crippen LogP contribution in [0.15, 0.2) is 72.4 Å². The van der Waals surface area contributed by atoms with E-state index in [1.165, 1.54) is 12.0 Å². The number of benzene rings is 3. The van der Waals surface area contributed by atoms with E-state index in [0.717, 1.165) is 5.56 Å². The van der Waals surface area contributed by atoms with Crippen LogP contribution in [0.25, 0.3) is 5.57 Å². The molecular weight excluding hydrogens is 420 g/mol. The van der Waals surface area contributed by atoms with Gasteiger partial charge in [-0.25, -0.2) is 4.90 Å². The average Bonchev–Trinajstić information content (AvgIpc) is 3.08. The first-order valence-electron chi connectivity index (χ1n) is 10.3. The number of carbonyl (C=O) groups excluding carboxylic acids is 2. The molecule has 33 heavy (non-hydrogen) atoms. The Hall–Kier alpha value is -4.26. The maximum atomic E-state index is 13.6. The molecule has 1 N–H and O–H groups in total. The molecule has 3 aromatic carbocycles. The summed E-state index contributed by atoms with van der Waals surface area (Å²) in [5, 5.41) is 3.13. The number of ether oxygens (including phenoxy) is 3. The molecule has 2 amide bonds. The van der Waals surface area contributed by atoms with Crippen molar-refractivity contribution in [1.82, 2.24) is 0 Å². The smallest absolute Gasteiger partial charge is 0.282 e. The summed E-state index contributed by atoms with van der Waals surface area (Å²) in [5.41, 5.74) is 2.94. The van der Waals surface area contributed by atoms with E-state index in [0.29, 0.717) is 34.2 Å². The van der Waals surface area contributed by atoms with Crippen molar-refractivity contribution in [3.63, 3.8) is 0 Å². The van der Waals surface area contributed by atoms with Crippen molar-refractivity contribution in [2.24, 2.45) is 0 Å². The van der Waals surface area contributed by atoms with Crippen LogP contribution in [0.3, 0.4) is 0 Å². The number of nitrogens with one attached hydrogen (secondary N) is 1. The number of methoxy groups -OCH3 is 3. The lowest BCUT2D eigenvalue weighted by Crippen LogP contribution is -2.32. The first kappa shape index (κ1) is 22.0. The van der Waals surface area contributed by atoms with Crippen LogP contribution in [-0.2, 0) is 9.59 Å². The highest BCUT2D eigenvalue weighted by atomic mass is 16.5. The molecule has 3 aromatic rings. The van der Waals surface area contributed by atoms with Crippen LogP contribution < -0.4 is 24.4 Å². The van der Waals surface area contributed by atoms with Gasteiger partial charge < -0.3 is 19.5 Å². The number of imide groups is 1. The minimum atomic E-state index is -0.466. The van der Waals surface area contributed by atoms with Crippen LogP contribution in [0.4, 0.5) is 11.4 Å². The second-order valence-electron chi connectivity index (χ2n) is 7.46. The molecule has 4 rings (SSSR count). The van der Waals surface area contributed by atoms with Crippen molar-refractivity contribution in [2.45, 2.75) is 6.92 Å². The van der Waals surface area contributed by atoms with Crippen molar-refractivity contribution in [3.05, 3.63) is 83.6 Å². The monoisotopic (exact) mass is 444 g/mol. The summed E-state index contributed by atoms with van der Waals surface area (Å²) in [7, 11) is 4.61. The SMILES string of the molecule is COc1cc(NC2=C(c3ccccc3OC)C(=O)N(c3ccc(C)cc3)C2=O)cc(OC)c1. The first-order chi connectivity index (χ1) is 16.0. The molecule has 7 nitrogen and oxygen atoms in total. The molecule has 7 heteroatoms. The first-order valence-corrected chi connectivity index (χ1v) is 10.3. The van der Waals surface area contributed by atoms with Crippen molar-refractivity contribution >= 4 is 28.8 Å². The third-order valence-corrected chi connectivity index (χ3v) is 5.37. The molecule has 0 saturated carbocycles. The molecule has 0 fully saturated rings. The van der Waals surface area contributed by atoms with E-state index in [1.54, 1.807) is 62.8 Å². The number of amides is 2. The Bertz CT molecular complexity index is 1230. The van der Waals surface area contributed by atoms with Crippen LogP contribution in [-0.4, -0.2) is 33.1 Å². The largest absolute Gasteiger partial charge is 0.497 e. The third-order valence-electron chi connectivity index (χ3n) is 5.37. The van der Waals surface area contributed by atoms with Crippen molar-refractivity contribution < 1.29 is 23.8 Å². The van der Waals surface area contributed by atoms with Gasteiger partial charge in [-0.2, -0.15) is 0 Å². The Morgan fingerprint density at radius 2 is 1.39 bits per heavy atom. The molecule has 1 aliphatic rings. The number of carbonyl (C=O) groups is 2. The van der Waals surface area contributed by atoms with Gasteiger partial charge in [0.15, 0.2) is 0 Å². The van der Waals surface area contributed by atoms with Gasteiger partial charge in [0.1, 0.15) is 22.9 Å². The molecular formula is C26H24N2O5. The summed E-state index contributed by atoms with van der Waals surface area (Å²) in [6, 6.07) is 19.5. The van der Waals surface area contributed by atoms with Gasteiger partial charge in [-0.3, -0.25) is 9.59 Å². The standard InChI is InChI=1S/C26H24N2O5/c1-16-9-11-18(12-10-16)28-25(29)23(21-7-5-6-8-22(21)33-4)24(26(28)30)27-17-13-19(31-2)15-20(14-17)32-3/h5-15,27H,1-4H3. The maximum Gasteiger partial charge on any atom is 0.282 e. The quantitative estimate of drug-likeness (QED) is 0.544. The van der Waals surface area contributed by atoms with E-state index in [9.17, 15) is 9.59 Å². The number of rotatable bonds is 7. The highest BCUT2D eigenvalue weighted by molar-refractivity contribution is 6.46. The summed E-state index contributed by atoms with van der Waals surface area (Å²) in [5.74, 6) is 0.672. The van der Waals surface area contributed by atoms with Crippen molar-refractivity contribution in [3.8, 4) is 17.2 Å². The van der Waals surface area contributed by atoms with Crippen LogP contribution in [0.1, 0.15) is 11.1 Å². The fourth-order valence-electron chi connectivity index (χ4n) is 3.70. The minimum Gasteiger partial charge on any atom is -0.497 e. The lowest BCUT2D eigenvalue weighted by Gasteiger charge is -2.16. The highest BCUT2D eigenvalue weighted by Gasteiger charge is 2.41. The van der Waals surface area contributed by atoms with Crippen LogP contribution in [0.5, 0.6) is 17.2 Å². The van der Waals surface area contributed by atoms with Crippen LogP contribution in [0.2, 0.25) is 0 Å². The molecule has 0 aromatic heterocycles. The molecule has 0 bridgehead atoms. The van der Waals surface area contributed by atoms with Gasteiger partial charge in [-0.15, -0.1) is 0 Å². The van der Waals surface area contributed by atoms with E-state index in [-0.39, 0.29) is 11.3 Å². The Balaban J connectivity index is 1.86. The molecule has 0 saturated heterocycles. The zero-order chi connectivity index (χ0) is 23.5. The molecule has 0 aliphatic carbocycles. The van der Waals surface area contributed by atoms with E-state index in [2.05, 4.69) is 5.32 Å². The molecule has 0 unspecified atom stereocenters. The number of aryl methyl sites for hydroxylation is 1. The second kappa shape index (κ2) is 9.08. The predicted molar refractivity (Wildman–Crippen MR) is 127 cm³/mol. The lowest BCUT2D eigenvalue weighted by atomic mass is 10.0. The van der Waals surface area contributed by atoms with Crippen molar-refractivity contribution in [1.29, 1.82) is 0 Å². The van der Waals surface area contributed by atoms with Crippen LogP contribution >= 0.6 is 0 Å². The van der Waals surface area contributed by atoms with Crippen molar-refractivity contribution in [2.75, 3.05) is 31.5 Å². The van der Waals surface area contributed by atoms with Crippen LogP contribution in [0, 0.1) is 6.92 Å². The summed E-state index contributed by atoms with van der Waals surface area (Å²) in [6.07, 6.45) is 0. The van der Waals surface area contributed by atoms with Gasteiger partial charge in [-0.05, 0) is 25.1 Å². The summed E-state index contributed by atoms with van der Waals surface area (Å²) in [6.45, 7) is 1.94. The molecule has 0 radical (unpaired) electrons. The topological polar surface area (TPSA) is 77.1 Å². The average molecular weight is 444 g/mol. The van der Waals surface area contributed by atoms with E-state index < -0.39 is 11.8 Å². The summed E-state index contributed by atoms with van der Waals surface area (Å²) >= 11 is 0. The summed E-state index contributed by atoms with van der Waals surface area (Å²) < 4.78 is 16.2. The van der Waals surface area contributed by atoms with Gasteiger partial charge in [0.2, 0.25) is 0 Å². The second-order valence-corrected chi connectivity index (χ2v) is 7.46. The fourth-order valence-corrected chi connectivity index (χ4v) is 3.70. The van der Waals surface area contributed by atoms with Gasteiger partial charge >= 0.3 is 0 Å². The maximum absolute atomic E-state index is 13.6. The number of para-hydroxylation sites is 1. The van der Waals surface area contributed by atoms with Gasteiger partial charge in [0.25, 0.3) is 11.8 Å². The Kier molecular flexibility index (Phi) is 6.04. The van der Waals surface area contributed by atoms with Gasteiger partial charge in [0, 0.05) is 29.4 Å². The van der Waals surface area contributed by atoms with Gasteiger partial charge in [0.05, 0.1) is 32.6 Å². The Labute approximate surface area is 192 Å². The number of hydrogen-bond donors (Lipinski definition) is 1. The zero-order valence-corrected chi connectivity index (χ0v) is 18.8. The zero-order valence-electron chi connectivity index (χ0n) is 18.8. The molecule has 0 spiro atoms. The molecule has 168 valence electrons. The normalized spacial score (nSPS) is 13.4. The summed E-state index contributed by atoms with van der Waals surface area (Å²) in [4.78, 5) is 28.4. The third kappa shape index (κ3) is 4.13. The molecule has 1 aliphatic heterocycles. The minimum absolute atomic E-state index is 0.139.